The standard InChI is InChI=1S/C30H32FN3O6.C2H6/c1-20-8-13-25(24(31)18-20)32-28(35)26(19-21-6-4-3-5-7-21)34-29(36)27(33-30(34)37)22-9-11-23(12-10-22)40-17-16-39-15-14-38-2;1-2/h3-13,18,26-27H,14-17,19H2,1-2H3,(H,32,35)(H,33,37);1-2H3/t26?,27-;/m1./s1. The van der Waals surface area contributed by atoms with Crippen LogP contribution in [0, 0.1) is 12.7 Å². The maximum absolute atomic E-state index is 14.5. The highest BCUT2D eigenvalue weighted by molar-refractivity contribution is 6.09. The molecule has 1 aliphatic heterocycles. The van der Waals surface area contributed by atoms with E-state index in [1.54, 1.807) is 68.6 Å². The largest absolute Gasteiger partial charge is 0.491 e. The summed E-state index contributed by atoms with van der Waals surface area (Å²) in [6.07, 6.45) is 0.0608. The first-order valence-electron chi connectivity index (χ1n) is 13.9. The number of hydrogen-bond acceptors (Lipinski definition) is 6. The zero-order valence-corrected chi connectivity index (χ0v) is 24.4. The number of nitrogens with zero attached hydrogens (tertiary/aromatic N) is 1. The second-order valence-electron chi connectivity index (χ2n) is 9.29. The molecule has 42 heavy (non-hydrogen) atoms. The Labute approximate surface area is 246 Å². The average Bonchev–Trinajstić information content (AvgIpc) is 3.30. The van der Waals surface area contributed by atoms with Crippen molar-refractivity contribution in [3.05, 3.63) is 95.3 Å². The molecule has 2 N–H and O–H groups in total. The summed E-state index contributed by atoms with van der Waals surface area (Å²) in [5, 5.41) is 5.23. The number of rotatable bonds is 13. The van der Waals surface area contributed by atoms with Crippen molar-refractivity contribution >= 4 is 23.5 Å². The summed E-state index contributed by atoms with van der Waals surface area (Å²) < 4.78 is 30.4. The molecular weight excluding hydrogens is 541 g/mol. The van der Waals surface area contributed by atoms with Crippen molar-refractivity contribution in [3.63, 3.8) is 0 Å². The molecule has 4 amide bonds. The van der Waals surface area contributed by atoms with E-state index in [0.717, 1.165) is 10.5 Å². The maximum atomic E-state index is 14.5. The third kappa shape index (κ3) is 8.61. The molecule has 3 aromatic rings. The van der Waals surface area contributed by atoms with Crippen molar-refractivity contribution < 1.29 is 33.0 Å². The molecule has 1 aliphatic rings. The normalized spacial score (nSPS) is 15.0. The van der Waals surface area contributed by atoms with Gasteiger partial charge in [0.2, 0.25) is 5.91 Å². The van der Waals surface area contributed by atoms with Crippen LogP contribution in [-0.4, -0.2) is 62.3 Å². The van der Waals surface area contributed by atoms with E-state index in [9.17, 15) is 18.8 Å². The summed E-state index contributed by atoms with van der Waals surface area (Å²) in [7, 11) is 1.60. The molecule has 0 bridgehead atoms. The highest BCUT2D eigenvalue weighted by Crippen LogP contribution is 2.27. The zero-order chi connectivity index (χ0) is 30.5. The molecule has 224 valence electrons. The van der Waals surface area contributed by atoms with Gasteiger partial charge in [-0.05, 0) is 47.9 Å². The minimum absolute atomic E-state index is 0.0306. The fourth-order valence-corrected chi connectivity index (χ4v) is 4.31. The second-order valence-corrected chi connectivity index (χ2v) is 9.29. The molecular formula is C32H38FN3O6. The van der Waals surface area contributed by atoms with E-state index >= 15 is 0 Å². The Morgan fingerprint density at radius 3 is 2.33 bits per heavy atom. The van der Waals surface area contributed by atoms with Crippen molar-refractivity contribution in [1.29, 1.82) is 0 Å². The van der Waals surface area contributed by atoms with Gasteiger partial charge in [0, 0.05) is 13.5 Å². The van der Waals surface area contributed by atoms with Crippen LogP contribution in [0.15, 0.2) is 72.8 Å². The monoisotopic (exact) mass is 579 g/mol. The minimum atomic E-state index is -1.21. The number of benzene rings is 3. The summed E-state index contributed by atoms with van der Waals surface area (Å²) in [6.45, 7) is 7.45. The van der Waals surface area contributed by atoms with Gasteiger partial charge in [-0.3, -0.25) is 9.59 Å². The quantitative estimate of drug-likeness (QED) is 0.217. The lowest BCUT2D eigenvalue weighted by Gasteiger charge is -2.25. The summed E-state index contributed by atoms with van der Waals surface area (Å²) >= 11 is 0. The molecule has 10 heteroatoms. The number of hydrogen-bond donors (Lipinski definition) is 2. The van der Waals surface area contributed by atoms with Crippen molar-refractivity contribution in [2.45, 2.75) is 39.3 Å². The van der Waals surface area contributed by atoms with E-state index in [4.69, 9.17) is 14.2 Å². The molecule has 0 radical (unpaired) electrons. The molecule has 4 rings (SSSR count). The lowest BCUT2D eigenvalue weighted by molar-refractivity contribution is -0.134. The van der Waals surface area contributed by atoms with Gasteiger partial charge in [-0.1, -0.05) is 62.4 Å². The number of methoxy groups -OCH3 is 1. The first kappa shape index (κ1) is 32.2. The third-order valence-corrected chi connectivity index (χ3v) is 6.38. The van der Waals surface area contributed by atoms with Gasteiger partial charge in [0.05, 0.1) is 25.5 Å². The molecule has 0 saturated carbocycles. The van der Waals surface area contributed by atoms with E-state index < -0.39 is 35.7 Å². The second kappa shape index (κ2) is 16.2. The topological polar surface area (TPSA) is 106 Å². The van der Waals surface area contributed by atoms with Crippen molar-refractivity contribution in [1.82, 2.24) is 10.2 Å². The van der Waals surface area contributed by atoms with Gasteiger partial charge in [0.15, 0.2) is 0 Å². The minimum Gasteiger partial charge on any atom is -0.491 e. The van der Waals surface area contributed by atoms with E-state index in [1.165, 1.54) is 12.1 Å². The van der Waals surface area contributed by atoms with E-state index in [2.05, 4.69) is 10.6 Å². The highest BCUT2D eigenvalue weighted by atomic mass is 19.1. The fourth-order valence-electron chi connectivity index (χ4n) is 4.31. The van der Waals surface area contributed by atoms with Gasteiger partial charge >= 0.3 is 6.03 Å². The predicted octanol–water partition coefficient (Wildman–Crippen LogP) is 5.05. The number of urea groups is 1. The van der Waals surface area contributed by atoms with Crippen LogP contribution in [0.25, 0.3) is 0 Å². The van der Waals surface area contributed by atoms with Crippen LogP contribution in [-0.2, 0) is 25.5 Å². The van der Waals surface area contributed by atoms with Crippen LogP contribution in [0.2, 0.25) is 0 Å². The Balaban J connectivity index is 0.00000237. The highest BCUT2D eigenvalue weighted by Gasteiger charge is 2.45. The fraction of sp³-hybridized carbons (Fsp3) is 0.344. The van der Waals surface area contributed by atoms with Crippen LogP contribution in [0.4, 0.5) is 14.9 Å². The Morgan fingerprint density at radius 2 is 1.67 bits per heavy atom. The Morgan fingerprint density at radius 1 is 0.976 bits per heavy atom. The molecule has 1 saturated heterocycles. The predicted molar refractivity (Wildman–Crippen MR) is 158 cm³/mol. The Bertz CT molecular complexity index is 1320. The number of amides is 4. The number of carbonyl (C=O) groups excluding carboxylic acids is 3. The number of aryl methyl sites for hydroxylation is 1. The number of carbonyl (C=O) groups is 3. The van der Waals surface area contributed by atoms with Gasteiger partial charge < -0.3 is 24.8 Å². The average molecular weight is 580 g/mol. The van der Waals surface area contributed by atoms with Gasteiger partial charge in [0.25, 0.3) is 5.91 Å². The first-order chi connectivity index (χ1) is 20.4. The summed E-state index contributed by atoms with van der Waals surface area (Å²) in [4.78, 5) is 40.9. The summed E-state index contributed by atoms with van der Waals surface area (Å²) in [5.41, 5.74) is 1.94. The van der Waals surface area contributed by atoms with Crippen LogP contribution >= 0.6 is 0 Å². The number of nitrogens with one attached hydrogen (secondary N) is 2. The molecule has 1 unspecified atom stereocenters. The maximum Gasteiger partial charge on any atom is 0.325 e. The van der Waals surface area contributed by atoms with Gasteiger partial charge in [-0.25, -0.2) is 14.1 Å². The third-order valence-electron chi connectivity index (χ3n) is 6.38. The number of anilines is 1. The van der Waals surface area contributed by atoms with E-state index in [-0.39, 0.29) is 12.1 Å². The number of ether oxygens (including phenoxy) is 3. The number of imide groups is 1. The lowest BCUT2D eigenvalue weighted by atomic mass is 10.0. The summed E-state index contributed by atoms with van der Waals surface area (Å²) in [5.74, 6) is -1.28. The smallest absolute Gasteiger partial charge is 0.325 e. The molecule has 3 aromatic carbocycles. The molecule has 0 aromatic heterocycles. The zero-order valence-electron chi connectivity index (χ0n) is 24.4. The molecule has 2 atom stereocenters. The molecule has 1 fully saturated rings. The number of halogens is 1. The van der Waals surface area contributed by atoms with Gasteiger partial charge in [0.1, 0.15) is 30.3 Å². The van der Waals surface area contributed by atoms with Crippen molar-refractivity contribution in [2.24, 2.45) is 0 Å². The first-order valence-corrected chi connectivity index (χ1v) is 13.9. The van der Waals surface area contributed by atoms with Crippen LogP contribution in [0.1, 0.15) is 36.6 Å². The Hall–Kier alpha value is -4.28. The lowest BCUT2D eigenvalue weighted by Crippen LogP contribution is -2.49. The van der Waals surface area contributed by atoms with Gasteiger partial charge in [-0.2, -0.15) is 0 Å². The van der Waals surface area contributed by atoms with Crippen LogP contribution < -0.4 is 15.4 Å². The van der Waals surface area contributed by atoms with Gasteiger partial charge in [-0.15, -0.1) is 0 Å². The van der Waals surface area contributed by atoms with Crippen LogP contribution in [0.5, 0.6) is 5.75 Å². The summed E-state index contributed by atoms with van der Waals surface area (Å²) in [6, 6.07) is 17.3. The van der Waals surface area contributed by atoms with Crippen molar-refractivity contribution in [3.8, 4) is 5.75 Å². The van der Waals surface area contributed by atoms with E-state index in [0.29, 0.717) is 43.3 Å². The SMILES string of the molecule is CC.COCCOCCOc1ccc([C@H]2NC(=O)N(C(Cc3ccccc3)C(=O)Nc3ccc(C)cc3F)C2=O)cc1. The van der Waals surface area contributed by atoms with E-state index in [1.807, 2.05) is 19.9 Å². The molecule has 1 heterocycles. The molecule has 0 aliphatic carbocycles. The molecule has 9 nitrogen and oxygen atoms in total. The van der Waals surface area contributed by atoms with Crippen molar-refractivity contribution in [2.75, 3.05) is 38.9 Å². The Kier molecular flexibility index (Phi) is 12.5. The molecule has 0 spiro atoms. The van der Waals surface area contributed by atoms with Crippen LogP contribution in [0.3, 0.4) is 0 Å².